The van der Waals surface area contributed by atoms with Crippen LogP contribution in [0.1, 0.15) is 68.9 Å². The number of aromatic hydroxyl groups is 1. The summed E-state index contributed by atoms with van der Waals surface area (Å²) in [5, 5.41) is 10.9. The number of carbonyl (C=O) groups excluding carboxylic acids is 3. The van der Waals surface area contributed by atoms with Gasteiger partial charge in [-0.1, -0.05) is 31.0 Å². The molecule has 1 N–H and O–H groups in total. The van der Waals surface area contributed by atoms with Crippen LogP contribution < -0.4 is 4.90 Å². The number of nitrogens with zero attached hydrogens (tertiary/aromatic N) is 3. The van der Waals surface area contributed by atoms with Crippen LogP contribution in [0.2, 0.25) is 0 Å². The van der Waals surface area contributed by atoms with E-state index in [9.17, 15) is 19.5 Å². The number of fused-ring (bicyclic) bond motifs is 1. The molecule has 0 aliphatic carbocycles. The van der Waals surface area contributed by atoms with Crippen molar-refractivity contribution >= 4 is 34.3 Å². The van der Waals surface area contributed by atoms with Crippen LogP contribution in [-0.2, 0) is 9.59 Å². The van der Waals surface area contributed by atoms with Gasteiger partial charge in [-0.25, -0.2) is 0 Å². The topological polar surface area (TPSA) is 82.9 Å². The molecule has 1 aromatic heterocycles. The Hall–Kier alpha value is -3.61. The Morgan fingerprint density at radius 1 is 0.917 bits per heavy atom. The number of phenolic OH excluding ortho intramolecular Hbond substituents is 1. The minimum Gasteiger partial charge on any atom is -0.508 e. The Labute approximate surface area is 213 Å². The van der Waals surface area contributed by atoms with Crippen LogP contribution in [0.5, 0.6) is 5.75 Å². The van der Waals surface area contributed by atoms with Gasteiger partial charge in [0.05, 0.1) is 11.2 Å². The summed E-state index contributed by atoms with van der Waals surface area (Å²) in [5.41, 5.74) is 2.50. The highest BCUT2D eigenvalue weighted by molar-refractivity contribution is 6.11. The summed E-state index contributed by atoms with van der Waals surface area (Å²) < 4.78 is 1.62. The van der Waals surface area contributed by atoms with Crippen molar-refractivity contribution in [2.75, 3.05) is 24.5 Å². The van der Waals surface area contributed by atoms with Crippen LogP contribution in [0.15, 0.2) is 48.5 Å². The van der Waals surface area contributed by atoms with E-state index in [0.717, 1.165) is 38.8 Å². The minimum absolute atomic E-state index is 0.0782. The first-order chi connectivity index (χ1) is 17.3. The molecule has 7 nitrogen and oxygen atoms in total. The molecular formula is C29H37N3O4. The maximum absolute atomic E-state index is 13.4. The lowest BCUT2D eigenvalue weighted by molar-refractivity contribution is -0.130. The smallest absolute Gasteiger partial charge is 0.262 e. The molecule has 0 spiro atoms. The van der Waals surface area contributed by atoms with Crippen LogP contribution in [0.4, 0.5) is 5.69 Å². The van der Waals surface area contributed by atoms with Gasteiger partial charge in [0.1, 0.15) is 5.75 Å². The minimum atomic E-state index is -0.184. The molecule has 0 fully saturated rings. The molecule has 7 heteroatoms. The molecule has 0 atom stereocenters. The van der Waals surface area contributed by atoms with Gasteiger partial charge in [-0.2, -0.15) is 0 Å². The first-order valence-corrected chi connectivity index (χ1v) is 12.8. The zero-order valence-corrected chi connectivity index (χ0v) is 21.8. The van der Waals surface area contributed by atoms with Crippen LogP contribution >= 0.6 is 0 Å². The van der Waals surface area contributed by atoms with E-state index in [1.54, 1.807) is 39.8 Å². The van der Waals surface area contributed by atoms with Gasteiger partial charge in [0.25, 0.3) is 5.91 Å². The Bertz CT molecular complexity index is 1210. The van der Waals surface area contributed by atoms with Crippen molar-refractivity contribution in [3.8, 4) is 5.75 Å². The summed E-state index contributed by atoms with van der Waals surface area (Å²) >= 11 is 0. The third-order valence-corrected chi connectivity index (χ3v) is 6.67. The number of amides is 2. The SMILES string of the molecule is CCN(CC)C(=O)CCCCCCN(C(C)=O)c1c(C)n(C(=O)c2ccccc2)c2ccc(O)cc12. The number of phenols is 1. The summed E-state index contributed by atoms with van der Waals surface area (Å²) in [6.45, 7) is 9.30. The van der Waals surface area contributed by atoms with Crippen LogP contribution in [0.25, 0.3) is 10.9 Å². The highest BCUT2D eigenvalue weighted by Gasteiger charge is 2.25. The summed E-state index contributed by atoms with van der Waals surface area (Å²) in [4.78, 5) is 41.9. The Morgan fingerprint density at radius 3 is 2.22 bits per heavy atom. The predicted octanol–water partition coefficient (Wildman–Crippen LogP) is 5.52. The maximum atomic E-state index is 13.4. The van der Waals surface area contributed by atoms with Gasteiger partial charge >= 0.3 is 0 Å². The zero-order chi connectivity index (χ0) is 26.2. The molecule has 2 amide bonds. The summed E-state index contributed by atoms with van der Waals surface area (Å²) in [6, 6.07) is 13.9. The van der Waals surface area contributed by atoms with Crippen LogP contribution in [-0.4, -0.2) is 51.9 Å². The van der Waals surface area contributed by atoms with Gasteiger partial charge in [-0.15, -0.1) is 0 Å². The monoisotopic (exact) mass is 491 g/mol. The largest absolute Gasteiger partial charge is 0.508 e. The fourth-order valence-corrected chi connectivity index (χ4v) is 4.76. The zero-order valence-electron chi connectivity index (χ0n) is 21.8. The Balaban J connectivity index is 1.79. The quantitative estimate of drug-likeness (QED) is 0.358. The molecule has 0 bridgehead atoms. The first-order valence-electron chi connectivity index (χ1n) is 12.8. The lowest BCUT2D eigenvalue weighted by Crippen LogP contribution is -2.30. The predicted molar refractivity (Wildman–Crippen MR) is 144 cm³/mol. The molecule has 0 aliphatic rings. The summed E-state index contributed by atoms with van der Waals surface area (Å²) in [5.74, 6) is -0.0353. The normalized spacial score (nSPS) is 11.0. The molecule has 0 radical (unpaired) electrons. The van der Waals surface area contributed by atoms with Gasteiger partial charge in [-0.3, -0.25) is 19.0 Å². The van der Waals surface area contributed by atoms with E-state index in [2.05, 4.69) is 0 Å². The van der Waals surface area contributed by atoms with Crippen LogP contribution in [0, 0.1) is 6.92 Å². The van der Waals surface area contributed by atoms with E-state index in [1.807, 2.05) is 43.9 Å². The van der Waals surface area contributed by atoms with Crippen LogP contribution in [0.3, 0.4) is 0 Å². The molecule has 0 unspecified atom stereocenters. The number of benzene rings is 2. The van der Waals surface area contributed by atoms with E-state index in [0.29, 0.717) is 40.8 Å². The molecule has 36 heavy (non-hydrogen) atoms. The number of rotatable bonds is 11. The van der Waals surface area contributed by atoms with E-state index in [-0.39, 0.29) is 23.5 Å². The standard InChI is InChI=1S/C29H37N3O4/c1-5-30(6-2)27(35)16-12-7-8-13-19-31(22(4)33)28-21(3)32(26-18-17-24(34)20-25(26)28)29(36)23-14-10-9-11-15-23/h9-11,14-15,17-18,20,34H,5-8,12-13,16,19H2,1-4H3. The second-order valence-corrected chi connectivity index (χ2v) is 9.04. The number of hydrogen-bond acceptors (Lipinski definition) is 4. The van der Waals surface area contributed by atoms with Crippen molar-refractivity contribution in [1.29, 1.82) is 0 Å². The van der Waals surface area contributed by atoms with Crippen molar-refractivity contribution < 1.29 is 19.5 Å². The van der Waals surface area contributed by atoms with E-state index < -0.39 is 0 Å². The molecular weight excluding hydrogens is 454 g/mol. The first kappa shape index (κ1) is 27.0. The fourth-order valence-electron chi connectivity index (χ4n) is 4.76. The number of anilines is 1. The van der Waals surface area contributed by atoms with E-state index in [1.165, 1.54) is 6.92 Å². The highest BCUT2D eigenvalue weighted by Crippen LogP contribution is 2.36. The number of unbranched alkanes of at least 4 members (excludes halogenated alkanes) is 3. The van der Waals surface area contributed by atoms with E-state index in [4.69, 9.17) is 0 Å². The van der Waals surface area contributed by atoms with E-state index >= 15 is 0 Å². The van der Waals surface area contributed by atoms with Gasteiger partial charge in [-0.05, 0) is 63.9 Å². The summed E-state index contributed by atoms with van der Waals surface area (Å²) in [7, 11) is 0. The Morgan fingerprint density at radius 2 is 1.58 bits per heavy atom. The highest BCUT2D eigenvalue weighted by atomic mass is 16.3. The molecule has 2 aromatic carbocycles. The average Bonchev–Trinajstić information content (AvgIpc) is 3.14. The third kappa shape index (κ3) is 5.96. The third-order valence-electron chi connectivity index (χ3n) is 6.67. The molecule has 3 aromatic rings. The second-order valence-electron chi connectivity index (χ2n) is 9.04. The second kappa shape index (κ2) is 12.4. The fraction of sp³-hybridized carbons (Fsp3) is 0.414. The molecule has 0 aliphatic heterocycles. The lowest BCUT2D eigenvalue weighted by atomic mass is 10.1. The molecule has 0 saturated heterocycles. The molecule has 1 heterocycles. The number of hydrogen-bond donors (Lipinski definition) is 1. The average molecular weight is 492 g/mol. The Kier molecular flexibility index (Phi) is 9.28. The summed E-state index contributed by atoms with van der Waals surface area (Å²) in [6.07, 6.45) is 3.95. The molecule has 192 valence electrons. The molecule has 3 rings (SSSR count). The van der Waals surface area contributed by atoms with Gasteiger partial charge < -0.3 is 14.9 Å². The van der Waals surface area contributed by atoms with Gasteiger partial charge in [0, 0.05) is 49.6 Å². The number of aromatic nitrogens is 1. The molecule has 0 saturated carbocycles. The van der Waals surface area contributed by atoms with Crippen molar-refractivity contribution in [3.05, 3.63) is 59.8 Å². The van der Waals surface area contributed by atoms with Crippen molar-refractivity contribution in [1.82, 2.24) is 9.47 Å². The number of carbonyl (C=O) groups is 3. The van der Waals surface area contributed by atoms with Gasteiger partial charge in [0.15, 0.2) is 0 Å². The van der Waals surface area contributed by atoms with Gasteiger partial charge in [0.2, 0.25) is 11.8 Å². The lowest BCUT2D eigenvalue weighted by Gasteiger charge is -2.22. The van der Waals surface area contributed by atoms with Crippen molar-refractivity contribution in [2.45, 2.75) is 59.8 Å². The maximum Gasteiger partial charge on any atom is 0.262 e. The van der Waals surface area contributed by atoms with Crippen molar-refractivity contribution in [2.24, 2.45) is 0 Å². The van der Waals surface area contributed by atoms with Crippen molar-refractivity contribution in [3.63, 3.8) is 0 Å².